The number of hydrogen-bond acceptors (Lipinski definition) is 5. The number of urea groups is 1. The maximum absolute atomic E-state index is 11.5. The number of nitrogens with one attached hydrogen (secondary N) is 2. The number of carbonyl (C=O) groups is 2. The number of thiophene rings is 1. The van der Waals surface area contributed by atoms with Crippen molar-refractivity contribution >= 4 is 40.4 Å². The maximum atomic E-state index is 11.5. The van der Waals surface area contributed by atoms with Crippen LogP contribution in [0.4, 0.5) is 10.5 Å². The van der Waals surface area contributed by atoms with Gasteiger partial charge in [-0.1, -0.05) is 0 Å². The highest BCUT2D eigenvalue weighted by Crippen LogP contribution is 2.11. The smallest absolute Gasteiger partial charge is 0.355 e. The molecule has 0 bridgehead atoms. The van der Waals surface area contributed by atoms with Crippen LogP contribution in [0.2, 0.25) is 0 Å². The number of rotatable bonds is 5. The summed E-state index contributed by atoms with van der Waals surface area (Å²) in [5.74, 6) is -1.04. The number of aromatic carboxylic acids is 1. The Morgan fingerprint density at radius 3 is 2.84 bits per heavy atom. The van der Waals surface area contributed by atoms with Crippen molar-refractivity contribution in [1.82, 2.24) is 10.3 Å². The highest BCUT2D eigenvalue weighted by atomic mass is 32.1. The van der Waals surface area contributed by atoms with Gasteiger partial charge in [0.25, 0.3) is 0 Å². The van der Waals surface area contributed by atoms with E-state index >= 15 is 0 Å². The number of aromatic nitrogens is 1. The molecule has 0 aliphatic carbocycles. The molecule has 0 fully saturated rings. The van der Waals surface area contributed by atoms with Gasteiger partial charge in [0.2, 0.25) is 0 Å². The molecule has 6 nitrogen and oxygen atoms in total. The Hall–Kier alpha value is -1.93. The first-order valence-electron chi connectivity index (χ1n) is 5.40. The molecule has 2 aromatic rings. The van der Waals surface area contributed by atoms with Crippen LogP contribution < -0.4 is 10.6 Å². The van der Waals surface area contributed by atoms with E-state index in [-0.39, 0.29) is 11.7 Å². The van der Waals surface area contributed by atoms with E-state index in [1.807, 2.05) is 16.8 Å². The molecule has 2 aromatic heterocycles. The number of nitrogens with zero attached hydrogens (tertiary/aromatic N) is 1. The van der Waals surface area contributed by atoms with Crippen LogP contribution in [-0.4, -0.2) is 28.6 Å². The topological polar surface area (TPSA) is 91.3 Å². The predicted molar refractivity (Wildman–Crippen MR) is 74.1 cm³/mol. The van der Waals surface area contributed by atoms with E-state index in [0.717, 1.165) is 5.69 Å². The fourth-order valence-corrected chi connectivity index (χ4v) is 2.68. The fraction of sp³-hybridized carbons (Fsp3) is 0.182. The van der Waals surface area contributed by atoms with Gasteiger partial charge in [-0.2, -0.15) is 11.3 Å². The number of carboxylic acids is 1. The first-order chi connectivity index (χ1) is 9.15. The number of hydrogen-bond donors (Lipinski definition) is 3. The standard InChI is InChI=1S/C11H11N3O3S2/c15-10(16)8-6-19-9(14-8)1-3-12-11(17)13-7-2-4-18-5-7/h2,4-6H,1,3H2,(H,15,16)(H2,12,13,17). The molecule has 0 radical (unpaired) electrons. The van der Waals surface area contributed by atoms with E-state index in [0.29, 0.717) is 18.0 Å². The summed E-state index contributed by atoms with van der Waals surface area (Å²) < 4.78 is 0. The van der Waals surface area contributed by atoms with Crippen LogP contribution >= 0.6 is 22.7 Å². The van der Waals surface area contributed by atoms with Crippen molar-refractivity contribution in [2.45, 2.75) is 6.42 Å². The summed E-state index contributed by atoms with van der Waals surface area (Å²) in [6.45, 7) is 0.405. The predicted octanol–water partition coefficient (Wildman–Crippen LogP) is 2.27. The van der Waals surface area contributed by atoms with E-state index in [2.05, 4.69) is 15.6 Å². The van der Waals surface area contributed by atoms with Crippen molar-refractivity contribution in [3.63, 3.8) is 0 Å². The summed E-state index contributed by atoms with van der Waals surface area (Å²) in [7, 11) is 0. The van der Waals surface area contributed by atoms with Gasteiger partial charge >= 0.3 is 12.0 Å². The maximum Gasteiger partial charge on any atom is 0.355 e. The van der Waals surface area contributed by atoms with E-state index in [4.69, 9.17) is 5.11 Å². The summed E-state index contributed by atoms with van der Waals surface area (Å²) >= 11 is 2.77. The number of amides is 2. The molecule has 3 N–H and O–H groups in total. The molecule has 0 aliphatic rings. The van der Waals surface area contributed by atoms with E-state index in [1.165, 1.54) is 28.1 Å². The molecule has 2 rings (SSSR count). The zero-order valence-electron chi connectivity index (χ0n) is 9.75. The lowest BCUT2D eigenvalue weighted by atomic mass is 10.4. The quantitative estimate of drug-likeness (QED) is 0.789. The van der Waals surface area contributed by atoms with Gasteiger partial charge in [-0.25, -0.2) is 14.6 Å². The Balaban J connectivity index is 1.73. The summed E-state index contributed by atoms with van der Waals surface area (Å²) in [5, 5.41) is 20.0. The lowest BCUT2D eigenvalue weighted by Crippen LogP contribution is -2.30. The first kappa shape index (κ1) is 13.5. The summed E-state index contributed by atoms with van der Waals surface area (Å²) in [6.07, 6.45) is 0.509. The number of thiazole rings is 1. The highest BCUT2D eigenvalue weighted by Gasteiger charge is 2.08. The minimum Gasteiger partial charge on any atom is -0.476 e. The third-order valence-electron chi connectivity index (χ3n) is 2.17. The number of anilines is 1. The summed E-state index contributed by atoms with van der Waals surface area (Å²) in [6, 6.07) is 1.53. The van der Waals surface area contributed by atoms with Gasteiger partial charge in [0, 0.05) is 23.7 Å². The average Bonchev–Trinajstić information content (AvgIpc) is 3.00. The van der Waals surface area contributed by atoms with Crippen molar-refractivity contribution in [3.8, 4) is 0 Å². The highest BCUT2D eigenvalue weighted by molar-refractivity contribution is 7.09. The van der Waals surface area contributed by atoms with Crippen molar-refractivity contribution in [2.24, 2.45) is 0 Å². The van der Waals surface area contributed by atoms with Gasteiger partial charge in [0.1, 0.15) is 0 Å². The molecule has 0 saturated carbocycles. The van der Waals surface area contributed by atoms with E-state index in [9.17, 15) is 9.59 Å². The van der Waals surface area contributed by atoms with Crippen LogP contribution in [0.3, 0.4) is 0 Å². The third kappa shape index (κ3) is 4.04. The third-order valence-corrected chi connectivity index (χ3v) is 3.77. The Bertz CT molecular complexity index is 566. The summed E-state index contributed by atoms with van der Waals surface area (Å²) in [5.41, 5.74) is 0.799. The molecule has 0 aliphatic heterocycles. The van der Waals surface area contributed by atoms with Crippen molar-refractivity contribution < 1.29 is 14.7 Å². The second kappa shape index (κ2) is 6.30. The molecule has 19 heavy (non-hydrogen) atoms. The van der Waals surface area contributed by atoms with Gasteiger partial charge in [0.15, 0.2) is 5.69 Å². The minimum absolute atomic E-state index is 0.0442. The van der Waals surface area contributed by atoms with E-state index in [1.54, 1.807) is 0 Å². The van der Waals surface area contributed by atoms with Gasteiger partial charge in [0.05, 0.1) is 10.7 Å². The lowest BCUT2D eigenvalue weighted by Gasteiger charge is -2.04. The van der Waals surface area contributed by atoms with Crippen LogP contribution in [0.15, 0.2) is 22.2 Å². The van der Waals surface area contributed by atoms with Crippen LogP contribution in [0, 0.1) is 0 Å². The molecule has 0 aromatic carbocycles. The van der Waals surface area contributed by atoms with Crippen molar-refractivity contribution in [2.75, 3.05) is 11.9 Å². The Morgan fingerprint density at radius 2 is 2.21 bits per heavy atom. The summed E-state index contributed by atoms with van der Waals surface area (Å²) in [4.78, 5) is 26.1. The van der Waals surface area contributed by atoms with Crippen LogP contribution in [0.1, 0.15) is 15.5 Å². The largest absolute Gasteiger partial charge is 0.476 e. The van der Waals surface area contributed by atoms with Crippen molar-refractivity contribution in [1.29, 1.82) is 0 Å². The molecule has 0 atom stereocenters. The normalized spacial score (nSPS) is 10.1. The van der Waals surface area contributed by atoms with Gasteiger partial charge in [-0.3, -0.25) is 0 Å². The van der Waals surface area contributed by atoms with Gasteiger partial charge in [-0.15, -0.1) is 11.3 Å². The zero-order chi connectivity index (χ0) is 13.7. The molecule has 0 spiro atoms. The molecule has 8 heteroatoms. The second-order valence-corrected chi connectivity index (χ2v) is 5.30. The number of carbonyl (C=O) groups excluding carboxylic acids is 1. The molecule has 100 valence electrons. The van der Waals surface area contributed by atoms with Gasteiger partial charge in [-0.05, 0) is 11.4 Å². The molecule has 2 heterocycles. The average molecular weight is 297 g/mol. The van der Waals surface area contributed by atoms with Gasteiger partial charge < -0.3 is 15.7 Å². The van der Waals surface area contributed by atoms with Crippen molar-refractivity contribution in [3.05, 3.63) is 32.9 Å². The molecular weight excluding hydrogens is 286 g/mol. The molecule has 0 saturated heterocycles. The Kier molecular flexibility index (Phi) is 4.48. The fourth-order valence-electron chi connectivity index (χ4n) is 1.32. The first-order valence-corrected chi connectivity index (χ1v) is 7.22. The van der Waals surface area contributed by atoms with Crippen LogP contribution in [0.5, 0.6) is 0 Å². The molecule has 2 amide bonds. The monoisotopic (exact) mass is 297 g/mol. The van der Waals surface area contributed by atoms with E-state index < -0.39 is 5.97 Å². The second-order valence-electron chi connectivity index (χ2n) is 3.57. The van der Waals surface area contributed by atoms with Crippen LogP contribution in [0.25, 0.3) is 0 Å². The minimum atomic E-state index is -1.04. The number of carboxylic acid groups (broad SMARTS) is 1. The Morgan fingerprint density at radius 1 is 1.37 bits per heavy atom. The molecule has 0 unspecified atom stereocenters. The SMILES string of the molecule is O=C(NCCc1nc(C(=O)O)cs1)Nc1ccsc1. The molecular formula is C11H11N3O3S2. The Labute approximate surface area is 117 Å². The zero-order valence-corrected chi connectivity index (χ0v) is 11.4. The lowest BCUT2D eigenvalue weighted by molar-refractivity contribution is 0.0691. The van der Waals surface area contributed by atoms with Crippen LogP contribution in [-0.2, 0) is 6.42 Å².